The second-order valence-corrected chi connectivity index (χ2v) is 7.32. The van der Waals surface area contributed by atoms with E-state index in [1.165, 1.54) is 6.20 Å². The molecule has 4 aromatic rings. The first-order chi connectivity index (χ1) is 14.5. The highest BCUT2D eigenvalue weighted by Crippen LogP contribution is 2.30. The molecule has 3 heterocycles. The van der Waals surface area contributed by atoms with E-state index in [0.29, 0.717) is 40.5 Å². The number of rotatable bonds is 6. The highest BCUT2D eigenvalue weighted by Gasteiger charge is 2.11. The third-order valence-corrected chi connectivity index (χ3v) is 4.99. The van der Waals surface area contributed by atoms with Crippen LogP contribution < -0.4 is 11.1 Å². The number of hydrogen-bond donors (Lipinski definition) is 2. The van der Waals surface area contributed by atoms with Gasteiger partial charge in [-0.15, -0.1) is 0 Å². The summed E-state index contributed by atoms with van der Waals surface area (Å²) < 4.78 is 1.86. The van der Waals surface area contributed by atoms with Gasteiger partial charge in [-0.05, 0) is 24.6 Å². The second-order valence-electron chi connectivity index (χ2n) is 6.47. The van der Waals surface area contributed by atoms with Crippen molar-refractivity contribution in [3.63, 3.8) is 0 Å². The van der Waals surface area contributed by atoms with E-state index in [2.05, 4.69) is 20.3 Å². The van der Waals surface area contributed by atoms with E-state index in [1.807, 2.05) is 28.8 Å². The van der Waals surface area contributed by atoms with E-state index in [1.54, 1.807) is 18.3 Å². The maximum atomic E-state index is 8.90. The van der Waals surface area contributed by atoms with Crippen molar-refractivity contribution < 1.29 is 0 Å². The lowest BCUT2D eigenvalue weighted by Crippen LogP contribution is -2.10. The summed E-state index contributed by atoms with van der Waals surface area (Å²) in [7, 11) is 0. The Bertz CT molecular complexity index is 1260. The lowest BCUT2D eigenvalue weighted by Gasteiger charge is -2.11. The summed E-state index contributed by atoms with van der Waals surface area (Å²) in [5.74, 6) is 1.44. The summed E-state index contributed by atoms with van der Waals surface area (Å²) in [6.07, 6.45) is 6.35. The first kappa shape index (κ1) is 19.9. The van der Waals surface area contributed by atoms with Crippen molar-refractivity contribution in [1.82, 2.24) is 24.3 Å². The van der Waals surface area contributed by atoms with Gasteiger partial charge in [-0.3, -0.25) is 4.40 Å². The number of nitrogens with zero attached hydrogens (tertiary/aromatic N) is 6. The van der Waals surface area contributed by atoms with Gasteiger partial charge >= 0.3 is 0 Å². The molecule has 0 saturated carbocycles. The molecule has 0 atom stereocenters. The third kappa shape index (κ3) is 4.13. The predicted octanol–water partition coefficient (Wildman–Crippen LogP) is 3.99. The Morgan fingerprint density at radius 1 is 1.17 bits per heavy atom. The Balaban J connectivity index is 1.50. The number of anilines is 2. The van der Waals surface area contributed by atoms with Crippen LogP contribution in [0.5, 0.6) is 0 Å². The molecule has 0 aliphatic heterocycles. The molecule has 0 fully saturated rings. The Hall–Kier alpha value is -3.41. The zero-order valence-corrected chi connectivity index (χ0v) is 17.2. The zero-order chi connectivity index (χ0) is 21.1. The van der Waals surface area contributed by atoms with Gasteiger partial charge in [0.1, 0.15) is 28.9 Å². The SMILES string of the molecule is N#Cc1cnc(CCCNc2nc(-c3ccc(Cl)cc3Cl)cc3nccn23)nc1N. The van der Waals surface area contributed by atoms with Gasteiger partial charge < -0.3 is 11.1 Å². The van der Waals surface area contributed by atoms with Crippen LogP contribution in [0.1, 0.15) is 17.8 Å². The van der Waals surface area contributed by atoms with Gasteiger partial charge in [0.25, 0.3) is 0 Å². The van der Waals surface area contributed by atoms with Gasteiger partial charge in [-0.2, -0.15) is 5.26 Å². The van der Waals surface area contributed by atoms with Gasteiger partial charge in [0.15, 0.2) is 0 Å². The highest BCUT2D eigenvalue weighted by molar-refractivity contribution is 6.36. The number of aromatic nitrogens is 5. The van der Waals surface area contributed by atoms with E-state index >= 15 is 0 Å². The summed E-state index contributed by atoms with van der Waals surface area (Å²) in [6.45, 7) is 0.626. The molecule has 0 aliphatic carbocycles. The van der Waals surface area contributed by atoms with Crippen molar-refractivity contribution in [2.24, 2.45) is 0 Å². The van der Waals surface area contributed by atoms with Crippen molar-refractivity contribution in [3.8, 4) is 17.3 Å². The van der Waals surface area contributed by atoms with Crippen molar-refractivity contribution in [1.29, 1.82) is 5.26 Å². The molecule has 0 spiro atoms. The molecule has 3 N–H and O–H groups in total. The molecule has 0 amide bonds. The van der Waals surface area contributed by atoms with E-state index < -0.39 is 0 Å². The van der Waals surface area contributed by atoms with Crippen molar-refractivity contribution in [2.75, 3.05) is 17.6 Å². The number of nitrogen functional groups attached to an aromatic ring is 1. The van der Waals surface area contributed by atoms with Crippen LogP contribution in [0, 0.1) is 11.3 Å². The maximum Gasteiger partial charge on any atom is 0.209 e. The van der Waals surface area contributed by atoms with Crippen molar-refractivity contribution >= 4 is 40.6 Å². The number of benzene rings is 1. The van der Waals surface area contributed by atoms with Gasteiger partial charge in [0, 0.05) is 42.0 Å². The highest BCUT2D eigenvalue weighted by atomic mass is 35.5. The number of nitrogens with two attached hydrogens (primary N) is 1. The lowest BCUT2D eigenvalue weighted by atomic mass is 10.1. The Kier molecular flexibility index (Phi) is 5.65. The molecule has 0 aliphatic rings. The molecule has 8 nitrogen and oxygen atoms in total. The minimum absolute atomic E-state index is 0.199. The fourth-order valence-corrected chi connectivity index (χ4v) is 3.48. The van der Waals surface area contributed by atoms with Gasteiger partial charge in [-0.25, -0.2) is 19.9 Å². The maximum absolute atomic E-state index is 8.90. The summed E-state index contributed by atoms with van der Waals surface area (Å²) in [5.41, 5.74) is 8.24. The Morgan fingerprint density at radius 2 is 2.03 bits per heavy atom. The molecular formula is C20H16Cl2N8. The minimum atomic E-state index is 0.199. The molecule has 0 bridgehead atoms. The number of aryl methyl sites for hydroxylation is 1. The van der Waals surface area contributed by atoms with E-state index in [4.69, 9.17) is 39.2 Å². The first-order valence-corrected chi connectivity index (χ1v) is 9.85. The predicted molar refractivity (Wildman–Crippen MR) is 116 cm³/mol. The van der Waals surface area contributed by atoms with Crippen LogP contribution in [0.2, 0.25) is 10.0 Å². The molecule has 0 saturated heterocycles. The molecule has 150 valence electrons. The fourth-order valence-electron chi connectivity index (χ4n) is 2.97. The largest absolute Gasteiger partial charge is 0.382 e. The van der Waals surface area contributed by atoms with Crippen molar-refractivity contribution in [3.05, 3.63) is 64.3 Å². The topological polar surface area (TPSA) is 118 Å². The van der Waals surface area contributed by atoms with Gasteiger partial charge in [-0.1, -0.05) is 23.2 Å². The summed E-state index contributed by atoms with van der Waals surface area (Å²) in [5, 5.41) is 13.3. The first-order valence-electron chi connectivity index (χ1n) is 9.10. The smallest absolute Gasteiger partial charge is 0.209 e. The molecule has 3 aromatic heterocycles. The molecule has 0 unspecified atom stereocenters. The summed E-state index contributed by atoms with van der Waals surface area (Å²) in [4.78, 5) is 17.4. The number of hydrogen-bond acceptors (Lipinski definition) is 7. The summed E-state index contributed by atoms with van der Waals surface area (Å²) in [6, 6.07) is 9.12. The lowest BCUT2D eigenvalue weighted by molar-refractivity contribution is 0.795. The van der Waals surface area contributed by atoms with E-state index in [-0.39, 0.29) is 11.4 Å². The zero-order valence-electron chi connectivity index (χ0n) is 15.7. The van der Waals surface area contributed by atoms with Crippen molar-refractivity contribution in [2.45, 2.75) is 12.8 Å². The minimum Gasteiger partial charge on any atom is -0.382 e. The van der Waals surface area contributed by atoms with Crippen LogP contribution in [-0.4, -0.2) is 30.9 Å². The normalized spacial score (nSPS) is 10.8. The molecule has 0 radical (unpaired) electrons. The average Bonchev–Trinajstić information content (AvgIpc) is 3.20. The fraction of sp³-hybridized carbons (Fsp3) is 0.150. The standard InChI is InChI=1S/C20H16Cl2N8/c21-13-3-4-14(15(22)8-13)16-9-18-25-6-7-30(18)20(28-16)26-5-1-2-17-27-11-12(10-23)19(24)29-17/h3-4,6-9,11H,1-2,5H2,(H,26,28)(H2,24,27,29). The number of halogens is 2. The molecule has 4 rings (SSSR count). The third-order valence-electron chi connectivity index (χ3n) is 4.45. The van der Waals surface area contributed by atoms with Crippen LogP contribution in [0.25, 0.3) is 16.9 Å². The summed E-state index contributed by atoms with van der Waals surface area (Å²) >= 11 is 12.4. The number of nitriles is 1. The van der Waals surface area contributed by atoms with E-state index in [9.17, 15) is 0 Å². The van der Waals surface area contributed by atoms with Gasteiger partial charge in [0.2, 0.25) is 5.95 Å². The van der Waals surface area contributed by atoms with Gasteiger partial charge in [0.05, 0.1) is 16.9 Å². The number of nitrogens with one attached hydrogen (secondary N) is 1. The quantitative estimate of drug-likeness (QED) is 0.436. The van der Waals surface area contributed by atoms with Crippen LogP contribution >= 0.6 is 23.2 Å². The van der Waals surface area contributed by atoms with E-state index in [0.717, 1.165) is 17.6 Å². The van der Waals surface area contributed by atoms with Crippen LogP contribution in [0.4, 0.5) is 11.8 Å². The van der Waals surface area contributed by atoms with Crippen LogP contribution in [0.15, 0.2) is 42.9 Å². The Morgan fingerprint density at radius 3 is 2.80 bits per heavy atom. The van der Waals surface area contributed by atoms with Crippen LogP contribution in [0.3, 0.4) is 0 Å². The van der Waals surface area contributed by atoms with Crippen LogP contribution in [-0.2, 0) is 6.42 Å². The monoisotopic (exact) mass is 438 g/mol. The number of fused-ring (bicyclic) bond motifs is 1. The average molecular weight is 439 g/mol. The number of imidazole rings is 1. The Labute approximate surface area is 182 Å². The molecule has 10 heteroatoms. The molecule has 1 aromatic carbocycles. The second kappa shape index (κ2) is 8.53. The molecule has 30 heavy (non-hydrogen) atoms. The molecular weight excluding hydrogens is 423 g/mol.